The number of halogens is 1. The van der Waals surface area contributed by atoms with Crippen molar-refractivity contribution >= 4 is 23.5 Å². The summed E-state index contributed by atoms with van der Waals surface area (Å²) in [5, 5.41) is 12.2. The van der Waals surface area contributed by atoms with Gasteiger partial charge >= 0.3 is 5.97 Å². The van der Waals surface area contributed by atoms with Gasteiger partial charge in [0.05, 0.1) is 0 Å². The van der Waals surface area contributed by atoms with E-state index in [1.54, 1.807) is 39.8 Å². The molecule has 0 saturated heterocycles. The quantitative estimate of drug-likeness (QED) is 0.896. The number of carboxylic acids is 1. The van der Waals surface area contributed by atoms with E-state index in [1.807, 2.05) is 0 Å². The second kappa shape index (κ2) is 5.61. The van der Waals surface area contributed by atoms with E-state index < -0.39 is 23.3 Å². The maximum absolute atomic E-state index is 12.1. The van der Waals surface area contributed by atoms with Gasteiger partial charge in [-0.2, -0.15) is 0 Å². The van der Waals surface area contributed by atoms with Crippen LogP contribution in [0.15, 0.2) is 18.2 Å². The lowest BCUT2D eigenvalue weighted by Gasteiger charge is -2.28. The molecule has 0 heterocycles. The van der Waals surface area contributed by atoms with Crippen LogP contribution < -0.4 is 5.32 Å². The van der Waals surface area contributed by atoms with Crippen molar-refractivity contribution < 1.29 is 14.7 Å². The van der Waals surface area contributed by atoms with Crippen molar-refractivity contribution in [3.05, 3.63) is 34.3 Å². The first kappa shape index (κ1) is 15.5. The van der Waals surface area contributed by atoms with Crippen LogP contribution in [0.25, 0.3) is 0 Å². The SMILES string of the molecule is Cc1ccc(Cl)cc1C(=O)N[C@H](C(=O)O)C(C)(C)C. The summed E-state index contributed by atoms with van der Waals surface area (Å²) in [6.07, 6.45) is 0. The van der Waals surface area contributed by atoms with Crippen molar-refractivity contribution in [1.29, 1.82) is 0 Å². The number of carbonyl (C=O) groups excluding carboxylic acids is 1. The second-order valence-electron chi connectivity index (χ2n) is 5.57. The van der Waals surface area contributed by atoms with E-state index in [9.17, 15) is 14.7 Å². The number of rotatable bonds is 3. The topological polar surface area (TPSA) is 66.4 Å². The molecule has 0 aliphatic carbocycles. The fourth-order valence-corrected chi connectivity index (χ4v) is 1.87. The molecule has 0 bridgehead atoms. The predicted octanol–water partition coefficient (Wildman–Crippen LogP) is 2.88. The van der Waals surface area contributed by atoms with Crippen LogP contribution in [0, 0.1) is 12.3 Å². The molecule has 0 radical (unpaired) electrons. The molecule has 0 fully saturated rings. The molecule has 1 amide bonds. The number of benzene rings is 1. The van der Waals surface area contributed by atoms with Crippen molar-refractivity contribution in [3.63, 3.8) is 0 Å². The Morgan fingerprint density at radius 3 is 2.37 bits per heavy atom. The van der Waals surface area contributed by atoms with Gasteiger partial charge in [0.2, 0.25) is 0 Å². The summed E-state index contributed by atoms with van der Waals surface area (Å²) in [5.41, 5.74) is 0.566. The maximum atomic E-state index is 12.1. The van der Waals surface area contributed by atoms with Gasteiger partial charge < -0.3 is 10.4 Å². The van der Waals surface area contributed by atoms with Crippen molar-refractivity contribution in [2.75, 3.05) is 0 Å². The number of amides is 1. The molecule has 2 N–H and O–H groups in total. The molecule has 4 nitrogen and oxygen atoms in total. The third-order valence-corrected chi connectivity index (χ3v) is 3.07. The Morgan fingerprint density at radius 1 is 1.32 bits per heavy atom. The molecule has 5 heteroatoms. The lowest BCUT2D eigenvalue weighted by molar-refractivity contribution is -0.142. The van der Waals surface area contributed by atoms with Crippen LogP contribution in [0.2, 0.25) is 5.02 Å². The summed E-state index contributed by atoms with van der Waals surface area (Å²) >= 11 is 5.85. The molecule has 1 aromatic rings. The molecule has 19 heavy (non-hydrogen) atoms. The molecular formula is C14H18ClNO3. The zero-order chi connectivity index (χ0) is 14.8. The number of hydrogen-bond acceptors (Lipinski definition) is 2. The van der Waals surface area contributed by atoms with Gasteiger partial charge in [0.15, 0.2) is 0 Å². The van der Waals surface area contributed by atoms with Crippen molar-refractivity contribution in [1.82, 2.24) is 5.32 Å². The number of hydrogen-bond donors (Lipinski definition) is 2. The molecule has 0 aromatic heterocycles. The van der Waals surface area contributed by atoms with Crippen LogP contribution in [-0.2, 0) is 4.79 Å². The first-order valence-corrected chi connectivity index (χ1v) is 6.30. The van der Waals surface area contributed by atoms with Gasteiger partial charge in [-0.15, -0.1) is 0 Å². The Hall–Kier alpha value is -1.55. The van der Waals surface area contributed by atoms with E-state index in [0.29, 0.717) is 10.6 Å². The molecule has 0 spiro atoms. The number of carbonyl (C=O) groups is 2. The van der Waals surface area contributed by atoms with Crippen LogP contribution in [0.4, 0.5) is 0 Å². The Labute approximate surface area is 117 Å². The van der Waals surface area contributed by atoms with E-state index in [1.165, 1.54) is 6.07 Å². The predicted molar refractivity (Wildman–Crippen MR) is 74.5 cm³/mol. The van der Waals surface area contributed by atoms with Gasteiger partial charge in [0.1, 0.15) is 6.04 Å². The van der Waals surface area contributed by atoms with E-state index in [4.69, 9.17) is 11.6 Å². The number of nitrogens with one attached hydrogen (secondary N) is 1. The van der Waals surface area contributed by atoms with Gasteiger partial charge in [-0.25, -0.2) is 4.79 Å². The Bertz CT molecular complexity index is 506. The third kappa shape index (κ3) is 3.96. The zero-order valence-corrected chi connectivity index (χ0v) is 12.2. The molecule has 1 rings (SSSR count). The fourth-order valence-electron chi connectivity index (χ4n) is 1.70. The monoisotopic (exact) mass is 283 g/mol. The van der Waals surface area contributed by atoms with Crippen LogP contribution in [0.1, 0.15) is 36.7 Å². The molecule has 104 valence electrons. The Kier molecular flexibility index (Phi) is 4.58. The summed E-state index contributed by atoms with van der Waals surface area (Å²) in [5.74, 6) is -1.48. The van der Waals surface area contributed by atoms with Crippen LogP contribution >= 0.6 is 11.6 Å². The molecule has 0 unspecified atom stereocenters. The first-order valence-electron chi connectivity index (χ1n) is 5.92. The van der Waals surface area contributed by atoms with Crippen LogP contribution in [0.3, 0.4) is 0 Å². The largest absolute Gasteiger partial charge is 0.480 e. The molecule has 0 aliphatic heterocycles. The minimum absolute atomic E-state index is 0.392. The van der Waals surface area contributed by atoms with E-state index in [-0.39, 0.29) is 0 Å². The first-order chi connectivity index (χ1) is 8.62. The van der Waals surface area contributed by atoms with Gasteiger partial charge in [0, 0.05) is 10.6 Å². The van der Waals surface area contributed by atoms with Gasteiger partial charge in [0.25, 0.3) is 5.91 Å². The highest BCUT2D eigenvalue weighted by Gasteiger charge is 2.33. The van der Waals surface area contributed by atoms with E-state index in [2.05, 4.69) is 5.32 Å². The minimum Gasteiger partial charge on any atom is -0.480 e. The third-order valence-electron chi connectivity index (χ3n) is 2.83. The van der Waals surface area contributed by atoms with Crippen LogP contribution in [0.5, 0.6) is 0 Å². The molecule has 0 saturated carbocycles. The molecule has 1 atom stereocenters. The Morgan fingerprint density at radius 2 is 1.89 bits per heavy atom. The maximum Gasteiger partial charge on any atom is 0.326 e. The summed E-state index contributed by atoms with van der Waals surface area (Å²) in [7, 11) is 0. The average molecular weight is 284 g/mol. The lowest BCUT2D eigenvalue weighted by Crippen LogP contribution is -2.49. The van der Waals surface area contributed by atoms with E-state index >= 15 is 0 Å². The molecular weight excluding hydrogens is 266 g/mol. The van der Waals surface area contributed by atoms with Gasteiger partial charge in [-0.1, -0.05) is 38.4 Å². The summed E-state index contributed by atoms with van der Waals surface area (Å²) in [6.45, 7) is 7.06. The van der Waals surface area contributed by atoms with Crippen LogP contribution in [-0.4, -0.2) is 23.0 Å². The van der Waals surface area contributed by atoms with Crippen molar-refractivity contribution in [2.24, 2.45) is 5.41 Å². The van der Waals surface area contributed by atoms with E-state index in [0.717, 1.165) is 5.56 Å². The second-order valence-corrected chi connectivity index (χ2v) is 6.01. The normalized spacial score (nSPS) is 12.9. The number of carboxylic acid groups (broad SMARTS) is 1. The number of aliphatic carboxylic acids is 1. The standard InChI is InChI=1S/C14H18ClNO3/c1-8-5-6-9(15)7-10(8)12(17)16-11(13(18)19)14(2,3)4/h5-7,11H,1-4H3,(H,16,17)(H,18,19)/t11-/m1/s1. The lowest BCUT2D eigenvalue weighted by atomic mass is 9.86. The summed E-state index contributed by atoms with van der Waals surface area (Å²) in [6, 6.07) is 3.99. The van der Waals surface area contributed by atoms with Crippen molar-refractivity contribution in [2.45, 2.75) is 33.7 Å². The highest BCUT2D eigenvalue weighted by atomic mass is 35.5. The smallest absolute Gasteiger partial charge is 0.326 e. The van der Waals surface area contributed by atoms with Gasteiger partial charge in [-0.3, -0.25) is 4.79 Å². The minimum atomic E-state index is -1.06. The zero-order valence-electron chi connectivity index (χ0n) is 11.5. The highest BCUT2D eigenvalue weighted by molar-refractivity contribution is 6.31. The average Bonchev–Trinajstić information content (AvgIpc) is 2.26. The molecule has 0 aliphatic rings. The number of aryl methyl sites for hydroxylation is 1. The van der Waals surface area contributed by atoms with Crippen molar-refractivity contribution in [3.8, 4) is 0 Å². The van der Waals surface area contributed by atoms with Gasteiger partial charge in [-0.05, 0) is 30.0 Å². The fraction of sp³-hybridized carbons (Fsp3) is 0.429. The molecule has 1 aromatic carbocycles. The Balaban J connectivity index is 3.01. The highest BCUT2D eigenvalue weighted by Crippen LogP contribution is 2.21. The summed E-state index contributed by atoms with van der Waals surface area (Å²) < 4.78 is 0. The summed E-state index contributed by atoms with van der Waals surface area (Å²) in [4.78, 5) is 23.4.